The van der Waals surface area contributed by atoms with Crippen molar-refractivity contribution < 1.29 is 9.59 Å². The molecule has 15 heavy (non-hydrogen) atoms. The summed E-state index contributed by atoms with van der Waals surface area (Å²) in [5.41, 5.74) is 0. The monoisotopic (exact) mass is 205 g/mol. The fraction of sp³-hybridized carbons (Fsp3) is 0.462. The van der Waals surface area contributed by atoms with Crippen LogP contribution in [0.4, 0.5) is 0 Å². The van der Waals surface area contributed by atoms with Crippen molar-refractivity contribution in [1.82, 2.24) is 0 Å². The van der Waals surface area contributed by atoms with Gasteiger partial charge in [-0.1, -0.05) is 20.3 Å². The maximum Gasteiger partial charge on any atom is 0.141 e. The van der Waals surface area contributed by atoms with Crippen LogP contribution in [0.25, 0.3) is 0 Å². The van der Waals surface area contributed by atoms with Crippen LogP contribution in [0.3, 0.4) is 0 Å². The molecule has 0 N–H and O–H groups in total. The number of ketones is 2. The van der Waals surface area contributed by atoms with Gasteiger partial charge in [0.1, 0.15) is 11.6 Å². The zero-order valence-electron chi connectivity index (χ0n) is 9.38. The van der Waals surface area contributed by atoms with E-state index in [1.165, 1.54) is 0 Å². The molecule has 0 aromatic rings. The first-order valence-electron chi connectivity index (χ1n) is 5.52. The van der Waals surface area contributed by atoms with Crippen LogP contribution in [0, 0.1) is 31.1 Å². The summed E-state index contributed by atoms with van der Waals surface area (Å²) in [4.78, 5) is 23.3. The standard InChI is InChI=1S/C13H17O2/c1-3-5-9-13(15)11-8-6-7-10(11)12(14)4-2/h6-8H,3-5,9H2,1-2H3. The molecule has 0 saturated heterocycles. The predicted octanol–water partition coefficient (Wildman–Crippen LogP) is 2.50. The van der Waals surface area contributed by atoms with Crippen molar-refractivity contribution in [3.63, 3.8) is 0 Å². The average molecular weight is 205 g/mol. The molecule has 1 saturated carbocycles. The van der Waals surface area contributed by atoms with Crippen LogP contribution in [-0.4, -0.2) is 11.6 Å². The molecule has 0 aromatic carbocycles. The summed E-state index contributed by atoms with van der Waals surface area (Å²) in [6.45, 7) is 3.87. The van der Waals surface area contributed by atoms with Gasteiger partial charge in [0.05, 0.1) is 11.8 Å². The Balaban J connectivity index is 2.52. The van der Waals surface area contributed by atoms with Crippen molar-refractivity contribution in [1.29, 1.82) is 0 Å². The summed E-state index contributed by atoms with van der Waals surface area (Å²) in [5, 5.41) is 0. The van der Waals surface area contributed by atoms with E-state index in [9.17, 15) is 9.59 Å². The molecule has 2 nitrogen and oxygen atoms in total. The van der Waals surface area contributed by atoms with Crippen LogP contribution in [0.5, 0.6) is 0 Å². The lowest BCUT2D eigenvalue weighted by Crippen LogP contribution is -2.21. The highest BCUT2D eigenvalue weighted by atomic mass is 16.1. The van der Waals surface area contributed by atoms with Gasteiger partial charge in [-0.25, -0.2) is 0 Å². The Kier molecular flexibility index (Phi) is 5.00. The largest absolute Gasteiger partial charge is 0.299 e. The lowest BCUT2D eigenvalue weighted by molar-refractivity contribution is -0.120. The third-order valence-corrected chi connectivity index (χ3v) is 2.50. The molecule has 1 aliphatic rings. The Hall–Kier alpha value is -0.660. The van der Waals surface area contributed by atoms with Crippen molar-refractivity contribution in [3.05, 3.63) is 31.1 Å². The van der Waals surface area contributed by atoms with Gasteiger partial charge in [-0.2, -0.15) is 0 Å². The Morgan fingerprint density at radius 3 is 2.20 bits per heavy atom. The molecule has 0 atom stereocenters. The van der Waals surface area contributed by atoms with E-state index in [0.717, 1.165) is 12.8 Å². The summed E-state index contributed by atoms with van der Waals surface area (Å²) in [6, 6.07) is 0. The molecule has 0 unspecified atom stereocenters. The number of rotatable bonds is 6. The van der Waals surface area contributed by atoms with Crippen LogP contribution in [0.2, 0.25) is 0 Å². The number of unbranched alkanes of at least 4 members (excludes halogenated alkanes) is 1. The highest BCUT2D eigenvalue weighted by Crippen LogP contribution is 2.36. The van der Waals surface area contributed by atoms with E-state index in [1.807, 2.05) is 6.92 Å². The zero-order valence-corrected chi connectivity index (χ0v) is 9.38. The Bertz CT molecular complexity index is 233. The first-order valence-corrected chi connectivity index (χ1v) is 5.52. The van der Waals surface area contributed by atoms with E-state index < -0.39 is 0 Å². The quantitative estimate of drug-likeness (QED) is 0.667. The van der Waals surface area contributed by atoms with E-state index >= 15 is 0 Å². The van der Waals surface area contributed by atoms with Crippen molar-refractivity contribution in [2.24, 2.45) is 0 Å². The predicted molar refractivity (Wildman–Crippen MR) is 59.2 cm³/mol. The Morgan fingerprint density at radius 1 is 1.07 bits per heavy atom. The zero-order chi connectivity index (χ0) is 11.3. The highest BCUT2D eigenvalue weighted by molar-refractivity contribution is 6.11. The second-order valence-corrected chi connectivity index (χ2v) is 3.66. The molecule has 1 aliphatic carbocycles. The molecular weight excluding hydrogens is 188 g/mol. The molecule has 0 aromatic heterocycles. The summed E-state index contributed by atoms with van der Waals surface area (Å²) in [6.07, 6.45) is 8.17. The normalized spacial score (nSPS) is 18.3. The summed E-state index contributed by atoms with van der Waals surface area (Å²) >= 11 is 0. The van der Waals surface area contributed by atoms with Gasteiger partial charge in [0.15, 0.2) is 0 Å². The van der Waals surface area contributed by atoms with Crippen LogP contribution >= 0.6 is 0 Å². The molecule has 0 aliphatic heterocycles. The molecule has 0 bridgehead atoms. The highest BCUT2D eigenvalue weighted by Gasteiger charge is 2.37. The topological polar surface area (TPSA) is 34.1 Å². The minimum absolute atomic E-state index is 0.0554. The molecule has 81 valence electrons. The van der Waals surface area contributed by atoms with E-state index in [0.29, 0.717) is 24.7 Å². The average Bonchev–Trinajstić information content (AvgIpc) is 2.73. The van der Waals surface area contributed by atoms with Crippen molar-refractivity contribution in [2.75, 3.05) is 0 Å². The van der Waals surface area contributed by atoms with Gasteiger partial charge >= 0.3 is 0 Å². The molecule has 0 amide bonds. The SMILES string of the molecule is CCCCC(=O)[C]1[CH][CH][CH][C]1C(=O)CC. The van der Waals surface area contributed by atoms with Gasteiger partial charge in [-0.3, -0.25) is 9.59 Å². The van der Waals surface area contributed by atoms with Crippen LogP contribution in [0.1, 0.15) is 39.5 Å². The summed E-state index contributed by atoms with van der Waals surface area (Å²) in [7, 11) is 0. The molecular formula is C13H17O2. The van der Waals surface area contributed by atoms with Gasteiger partial charge in [-0.15, -0.1) is 0 Å². The third kappa shape index (κ3) is 3.15. The Labute approximate surface area is 92.4 Å². The minimum atomic E-state index is 0.0554. The second kappa shape index (κ2) is 6.04. The molecule has 1 fully saturated rings. The van der Waals surface area contributed by atoms with E-state index in [4.69, 9.17) is 0 Å². The van der Waals surface area contributed by atoms with Crippen molar-refractivity contribution >= 4 is 11.6 Å². The summed E-state index contributed by atoms with van der Waals surface area (Å²) in [5.74, 6) is 1.35. The first-order chi connectivity index (χ1) is 7.20. The number of carbonyl (C=O) groups excluding carboxylic acids is 2. The van der Waals surface area contributed by atoms with Crippen LogP contribution < -0.4 is 0 Å². The Morgan fingerprint density at radius 2 is 1.67 bits per heavy atom. The number of Topliss-reactive ketones (excluding diaryl/α,β-unsaturated/α-hetero) is 2. The molecule has 1 rings (SSSR count). The van der Waals surface area contributed by atoms with Gasteiger partial charge in [0.25, 0.3) is 0 Å². The fourth-order valence-corrected chi connectivity index (χ4v) is 1.57. The minimum Gasteiger partial charge on any atom is -0.299 e. The van der Waals surface area contributed by atoms with Gasteiger partial charge in [-0.05, 0) is 25.7 Å². The van der Waals surface area contributed by atoms with E-state index in [2.05, 4.69) is 6.92 Å². The number of hydrogen-bond acceptors (Lipinski definition) is 2. The fourth-order valence-electron chi connectivity index (χ4n) is 1.57. The van der Waals surface area contributed by atoms with Gasteiger partial charge in [0.2, 0.25) is 0 Å². The van der Waals surface area contributed by atoms with Gasteiger partial charge in [0, 0.05) is 12.8 Å². The number of carbonyl (C=O) groups is 2. The summed E-state index contributed by atoms with van der Waals surface area (Å²) < 4.78 is 0. The second-order valence-electron chi connectivity index (χ2n) is 3.66. The maximum atomic E-state index is 11.8. The van der Waals surface area contributed by atoms with Gasteiger partial charge < -0.3 is 0 Å². The molecule has 2 heteroatoms. The lowest BCUT2D eigenvalue weighted by atomic mass is 9.86. The van der Waals surface area contributed by atoms with E-state index in [1.54, 1.807) is 19.3 Å². The maximum absolute atomic E-state index is 11.8. The van der Waals surface area contributed by atoms with E-state index in [-0.39, 0.29) is 11.6 Å². The lowest BCUT2D eigenvalue weighted by Gasteiger charge is -2.14. The van der Waals surface area contributed by atoms with Crippen molar-refractivity contribution in [2.45, 2.75) is 39.5 Å². The number of hydrogen-bond donors (Lipinski definition) is 0. The molecule has 0 heterocycles. The molecule has 5 radical (unpaired) electrons. The third-order valence-electron chi connectivity index (χ3n) is 2.50. The van der Waals surface area contributed by atoms with Crippen LogP contribution in [-0.2, 0) is 9.59 Å². The molecule has 0 spiro atoms. The smallest absolute Gasteiger partial charge is 0.141 e. The van der Waals surface area contributed by atoms with Crippen molar-refractivity contribution in [3.8, 4) is 0 Å². The first kappa shape index (κ1) is 12.4. The van der Waals surface area contributed by atoms with Crippen LogP contribution in [0.15, 0.2) is 0 Å².